The van der Waals surface area contributed by atoms with Crippen molar-refractivity contribution in [3.63, 3.8) is 0 Å². The van der Waals surface area contributed by atoms with Crippen molar-refractivity contribution >= 4 is 23.2 Å². The number of benzene rings is 1. The predicted octanol–water partition coefficient (Wildman–Crippen LogP) is 3.66. The Balaban J connectivity index is 1.57. The molecule has 4 nitrogen and oxygen atoms in total. The third kappa shape index (κ3) is 3.16. The Morgan fingerprint density at radius 3 is 2.14 bits per heavy atom. The standard InChI is InChI=1S/C18H24N2O2/c1-11(2)17(21)19-14-5-7-15(8-6-14)20-18(22)16-10-12-3-4-13(16)9-12/h5-8,11-13,16H,3-4,9-10H2,1-2H3,(H,19,21)(H,20,22). The van der Waals surface area contributed by atoms with E-state index in [-0.39, 0.29) is 23.7 Å². The predicted molar refractivity (Wildman–Crippen MR) is 87.5 cm³/mol. The molecule has 3 rings (SSSR count). The van der Waals surface area contributed by atoms with Gasteiger partial charge in [-0.15, -0.1) is 0 Å². The van der Waals surface area contributed by atoms with Gasteiger partial charge in [-0.2, -0.15) is 0 Å². The van der Waals surface area contributed by atoms with Gasteiger partial charge in [-0.3, -0.25) is 9.59 Å². The molecule has 22 heavy (non-hydrogen) atoms. The fourth-order valence-corrected chi connectivity index (χ4v) is 3.72. The number of amides is 2. The van der Waals surface area contributed by atoms with Crippen LogP contribution in [0.3, 0.4) is 0 Å². The van der Waals surface area contributed by atoms with Crippen LogP contribution in [-0.2, 0) is 9.59 Å². The summed E-state index contributed by atoms with van der Waals surface area (Å²) in [5, 5.41) is 5.87. The molecule has 2 fully saturated rings. The van der Waals surface area contributed by atoms with E-state index in [0.29, 0.717) is 5.92 Å². The van der Waals surface area contributed by atoms with Crippen LogP contribution in [0, 0.1) is 23.7 Å². The van der Waals surface area contributed by atoms with E-state index < -0.39 is 0 Å². The second kappa shape index (κ2) is 6.11. The van der Waals surface area contributed by atoms with Crippen molar-refractivity contribution in [2.75, 3.05) is 10.6 Å². The first kappa shape index (κ1) is 15.1. The Hall–Kier alpha value is -1.84. The fourth-order valence-electron chi connectivity index (χ4n) is 3.72. The van der Waals surface area contributed by atoms with Crippen LogP contribution < -0.4 is 10.6 Å². The van der Waals surface area contributed by atoms with Crippen molar-refractivity contribution in [2.45, 2.75) is 39.5 Å². The van der Waals surface area contributed by atoms with Gasteiger partial charge in [0.1, 0.15) is 0 Å². The van der Waals surface area contributed by atoms with Crippen molar-refractivity contribution in [2.24, 2.45) is 23.7 Å². The number of anilines is 2. The summed E-state index contributed by atoms with van der Waals surface area (Å²) in [7, 11) is 0. The van der Waals surface area contributed by atoms with Gasteiger partial charge in [-0.25, -0.2) is 0 Å². The number of hydrogen-bond donors (Lipinski definition) is 2. The van der Waals surface area contributed by atoms with Crippen LogP contribution >= 0.6 is 0 Å². The maximum atomic E-state index is 12.4. The summed E-state index contributed by atoms with van der Waals surface area (Å²) in [5.41, 5.74) is 1.56. The lowest BCUT2D eigenvalue weighted by Crippen LogP contribution is -2.27. The van der Waals surface area contributed by atoms with Crippen molar-refractivity contribution < 1.29 is 9.59 Å². The van der Waals surface area contributed by atoms with Crippen molar-refractivity contribution in [3.8, 4) is 0 Å². The first-order chi connectivity index (χ1) is 10.5. The smallest absolute Gasteiger partial charge is 0.227 e. The Labute approximate surface area is 131 Å². The lowest BCUT2D eigenvalue weighted by molar-refractivity contribution is -0.121. The minimum atomic E-state index is -0.0443. The molecule has 2 bridgehead atoms. The van der Waals surface area contributed by atoms with E-state index in [1.165, 1.54) is 19.3 Å². The SMILES string of the molecule is CC(C)C(=O)Nc1ccc(NC(=O)C2CC3CCC2C3)cc1. The number of nitrogens with one attached hydrogen (secondary N) is 2. The molecule has 0 heterocycles. The summed E-state index contributed by atoms with van der Waals surface area (Å²) in [5.74, 6) is 1.67. The molecule has 0 aromatic heterocycles. The highest BCUT2D eigenvalue weighted by molar-refractivity contribution is 5.94. The first-order valence-corrected chi connectivity index (χ1v) is 8.24. The van der Waals surface area contributed by atoms with Gasteiger partial charge in [0.15, 0.2) is 0 Å². The van der Waals surface area contributed by atoms with E-state index in [4.69, 9.17) is 0 Å². The molecule has 2 N–H and O–H groups in total. The fraction of sp³-hybridized carbons (Fsp3) is 0.556. The molecule has 0 radical (unpaired) electrons. The summed E-state index contributed by atoms with van der Waals surface area (Å²) < 4.78 is 0. The number of carbonyl (C=O) groups is 2. The molecule has 0 aliphatic heterocycles. The topological polar surface area (TPSA) is 58.2 Å². The zero-order valence-electron chi connectivity index (χ0n) is 13.3. The Kier molecular flexibility index (Phi) is 4.19. The third-order valence-corrected chi connectivity index (χ3v) is 5.02. The molecule has 0 saturated heterocycles. The summed E-state index contributed by atoms with van der Waals surface area (Å²) in [6, 6.07) is 7.36. The molecule has 3 unspecified atom stereocenters. The zero-order chi connectivity index (χ0) is 15.7. The van der Waals surface area contributed by atoms with Crippen LogP contribution in [0.5, 0.6) is 0 Å². The largest absolute Gasteiger partial charge is 0.326 e. The quantitative estimate of drug-likeness (QED) is 0.891. The van der Waals surface area contributed by atoms with Gasteiger partial charge in [-0.05, 0) is 55.4 Å². The van der Waals surface area contributed by atoms with E-state index in [9.17, 15) is 9.59 Å². The Morgan fingerprint density at radius 2 is 1.64 bits per heavy atom. The first-order valence-electron chi connectivity index (χ1n) is 8.24. The minimum Gasteiger partial charge on any atom is -0.326 e. The maximum Gasteiger partial charge on any atom is 0.227 e. The summed E-state index contributed by atoms with van der Waals surface area (Å²) >= 11 is 0. The normalized spacial score (nSPS) is 26.2. The van der Waals surface area contributed by atoms with E-state index in [1.54, 1.807) is 0 Å². The van der Waals surface area contributed by atoms with Crippen molar-refractivity contribution in [1.29, 1.82) is 0 Å². The molecule has 4 heteroatoms. The molecule has 2 aliphatic carbocycles. The minimum absolute atomic E-state index is 0.00114. The van der Waals surface area contributed by atoms with Crippen LogP contribution in [-0.4, -0.2) is 11.8 Å². The lowest BCUT2D eigenvalue weighted by atomic mass is 9.88. The molecular formula is C18H24N2O2. The van der Waals surface area contributed by atoms with E-state index in [2.05, 4.69) is 10.6 Å². The molecule has 3 atom stereocenters. The summed E-state index contributed by atoms with van der Waals surface area (Å²) in [6.07, 6.45) is 4.80. The van der Waals surface area contributed by atoms with Gasteiger partial charge in [0.2, 0.25) is 11.8 Å². The Bertz CT molecular complexity index is 565. The zero-order valence-corrected chi connectivity index (χ0v) is 13.3. The molecule has 0 spiro atoms. The number of carbonyl (C=O) groups excluding carboxylic acids is 2. The van der Waals surface area contributed by atoms with Crippen LogP contribution in [0.25, 0.3) is 0 Å². The number of fused-ring (bicyclic) bond motifs is 2. The summed E-state index contributed by atoms with van der Waals surface area (Å²) in [6.45, 7) is 3.72. The molecule has 118 valence electrons. The second-order valence-electron chi connectivity index (χ2n) is 6.99. The number of hydrogen-bond acceptors (Lipinski definition) is 2. The van der Waals surface area contributed by atoms with E-state index >= 15 is 0 Å². The van der Waals surface area contributed by atoms with Gasteiger partial charge in [0.05, 0.1) is 0 Å². The highest BCUT2D eigenvalue weighted by Crippen LogP contribution is 2.48. The maximum absolute atomic E-state index is 12.4. The highest BCUT2D eigenvalue weighted by Gasteiger charge is 2.42. The average Bonchev–Trinajstić information content (AvgIpc) is 3.12. The highest BCUT2D eigenvalue weighted by atomic mass is 16.2. The molecule has 1 aromatic rings. The van der Waals surface area contributed by atoms with Crippen LogP contribution in [0.4, 0.5) is 11.4 Å². The number of rotatable bonds is 4. The summed E-state index contributed by atoms with van der Waals surface area (Å²) in [4.78, 5) is 24.0. The van der Waals surface area contributed by atoms with Crippen LogP contribution in [0.15, 0.2) is 24.3 Å². The molecule has 2 aliphatic rings. The molecule has 1 aromatic carbocycles. The lowest BCUT2D eigenvalue weighted by Gasteiger charge is -2.20. The van der Waals surface area contributed by atoms with Crippen LogP contribution in [0.1, 0.15) is 39.5 Å². The molecule has 2 amide bonds. The second-order valence-corrected chi connectivity index (χ2v) is 6.99. The van der Waals surface area contributed by atoms with Gasteiger partial charge < -0.3 is 10.6 Å². The monoisotopic (exact) mass is 300 g/mol. The van der Waals surface area contributed by atoms with Gasteiger partial charge >= 0.3 is 0 Å². The molecule has 2 saturated carbocycles. The Morgan fingerprint density at radius 1 is 1.00 bits per heavy atom. The van der Waals surface area contributed by atoms with Crippen LogP contribution in [0.2, 0.25) is 0 Å². The van der Waals surface area contributed by atoms with Crippen molar-refractivity contribution in [1.82, 2.24) is 0 Å². The average molecular weight is 300 g/mol. The third-order valence-electron chi connectivity index (χ3n) is 5.02. The van der Waals surface area contributed by atoms with Gasteiger partial charge in [0.25, 0.3) is 0 Å². The van der Waals surface area contributed by atoms with Gasteiger partial charge in [-0.1, -0.05) is 20.3 Å². The van der Waals surface area contributed by atoms with E-state index in [1.807, 2.05) is 38.1 Å². The van der Waals surface area contributed by atoms with E-state index in [0.717, 1.165) is 23.7 Å². The molecular weight excluding hydrogens is 276 g/mol. The van der Waals surface area contributed by atoms with Crippen molar-refractivity contribution in [3.05, 3.63) is 24.3 Å². The van der Waals surface area contributed by atoms with Gasteiger partial charge in [0, 0.05) is 23.2 Å².